The standard InChI is InChI=1S/C17H18N4OS/c22-17(14-3-4-15-16(8-14)23-12-19-15)21-6-1-2-13(10-21)9-20-7-5-18-11-20/h3-5,7-8,11-13H,1-2,6,9-10H2/t13-/m0/s1. The molecule has 1 atom stereocenters. The second kappa shape index (κ2) is 6.12. The molecule has 1 amide bonds. The van der Waals surface area contributed by atoms with Gasteiger partial charge < -0.3 is 9.47 Å². The number of likely N-dealkylation sites (tertiary alicyclic amines) is 1. The molecule has 1 aliphatic rings. The Morgan fingerprint density at radius 3 is 3.22 bits per heavy atom. The van der Waals surface area contributed by atoms with Crippen LogP contribution in [0.25, 0.3) is 10.2 Å². The van der Waals surface area contributed by atoms with E-state index >= 15 is 0 Å². The second-order valence-corrected chi connectivity index (χ2v) is 6.94. The molecule has 3 heterocycles. The third-order valence-electron chi connectivity index (χ3n) is 4.41. The van der Waals surface area contributed by atoms with Gasteiger partial charge in [0.25, 0.3) is 5.91 Å². The fraction of sp³-hybridized carbons (Fsp3) is 0.353. The van der Waals surface area contributed by atoms with Crippen LogP contribution in [0.15, 0.2) is 42.4 Å². The maximum atomic E-state index is 12.8. The smallest absolute Gasteiger partial charge is 0.253 e. The number of aromatic nitrogens is 3. The molecule has 5 nitrogen and oxygen atoms in total. The van der Waals surface area contributed by atoms with E-state index < -0.39 is 0 Å². The molecule has 3 aromatic rings. The number of carbonyl (C=O) groups excluding carboxylic acids is 1. The topological polar surface area (TPSA) is 51.0 Å². The highest BCUT2D eigenvalue weighted by atomic mass is 32.1. The molecule has 0 spiro atoms. The Morgan fingerprint density at radius 1 is 1.39 bits per heavy atom. The number of benzene rings is 1. The van der Waals surface area contributed by atoms with Crippen molar-refractivity contribution in [2.45, 2.75) is 19.4 Å². The van der Waals surface area contributed by atoms with Gasteiger partial charge in [0.1, 0.15) is 0 Å². The summed E-state index contributed by atoms with van der Waals surface area (Å²) in [6, 6.07) is 5.80. The number of piperidine rings is 1. The Morgan fingerprint density at radius 2 is 2.35 bits per heavy atom. The van der Waals surface area contributed by atoms with E-state index in [1.54, 1.807) is 17.5 Å². The molecular formula is C17H18N4OS. The second-order valence-electron chi connectivity index (χ2n) is 6.05. The van der Waals surface area contributed by atoms with Crippen molar-refractivity contribution < 1.29 is 4.79 Å². The number of rotatable bonds is 3. The molecule has 1 aliphatic heterocycles. The minimum Gasteiger partial charge on any atom is -0.338 e. The summed E-state index contributed by atoms with van der Waals surface area (Å²) in [4.78, 5) is 23.2. The van der Waals surface area contributed by atoms with Crippen molar-refractivity contribution in [3.05, 3.63) is 48.0 Å². The van der Waals surface area contributed by atoms with Crippen molar-refractivity contribution >= 4 is 27.5 Å². The molecular weight excluding hydrogens is 308 g/mol. The lowest BCUT2D eigenvalue weighted by Crippen LogP contribution is -2.41. The van der Waals surface area contributed by atoms with Crippen molar-refractivity contribution in [1.82, 2.24) is 19.4 Å². The number of hydrogen-bond donors (Lipinski definition) is 0. The number of hydrogen-bond acceptors (Lipinski definition) is 4. The summed E-state index contributed by atoms with van der Waals surface area (Å²) in [6.45, 7) is 2.59. The predicted octanol–water partition coefficient (Wildman–Crippen LogP) is 3.05. The molecule has 0 radical (unpaired) electrons. The molecule has 1 fully saturated rings. The summed E-state index contributed by atoms with van der Waals surface area (Å²) in [7, 11) is 0. The van der Waals surface area contributed by atoms with E-state index in [1.165, 1.54) is 0 Å². The molecule has 118 valence electrons. The molecule has 2 aromatic heterocycles. The van der Waals surface area contributed by atoms with Crippen LogP contribution in [0.2, 0.25) is 0 Å². The van der Waals surface area contributed by atoms with E-state index in [2.05, 4.69) is 14.5 Å². The first-order valence-electron chi connectivity index (χ1n) is 7.88. The highest BCUT2D eigenvalue weighted by molar-refractivity contribution is 7.16. The van der Waals surface area contributed by atoms with E-state index in [0.717, 1.165) is 48.3 Å². The van der Waals surface area contributed by atoms with Crippen molar-refractivity contribution in [3.63, 3.8) is 0 Å². The fourth-order valence-electron chi connectivity index (χ4n) is 3.26. The summed E-state index contributed by atoms with van der Waals surface area (Å²) in [5.74, 6) is 0.629. The molecule has 0 bridgehead atoms. The molecule has 6 heteroatoms. The molecule has 1 aromatic carbocycles. The zero-order valence-electron chi connectivity index (χ0n) is 12.8. The molecule has 23 heavy (non-hydrogen) atoms. The van der Waals surface area contributed by atoms with E-state index in [1.807, 2.05) is 41.1 Å². The Kier molecular flexibility index (Phi) is 3.83. The molecule has 4 rings (SSSR count). The van der Waals surface area contributed by atoms with Gasteiger partial charge in [-0.25, -0.2) is 9.97 Å². The van der Waals surface area contributed by atoms with Gasteiger partial charge >= 0.3 is 0 Å². The third kappa shape index (κ3) is 2.99. The van der Waals surface area contributed by atoms with Gasteiger partial charge in [-0.2, -0.15) is 0 Å². The van der Waals surface area contributed by atoms with E-state index in [0.29, 0.717) is 5.92 Å². The molecule has 1 saturated heterocycles. The highest BCUT2D eigenvalue weighted by Gasteiger charge is 2.24. The normalized spacial score (nSPS) is 18.4. The van der Waals surface area contributed by atoms with Gasteiger partial charge in [-0.15, -0.1) is 11.3 Å². The third-order valence-corrected chi connectivity index (χ3v) is 5.20. The molecule has 0 aliphatic carbocycles. The first-order valence-corrected chi connectivity index (χ1v) is 8.76. The monoisotopic (exact) mass is 326 g/mol. The largest absolute Gasteiger partial charge is 0.338 e. The van der Waals surface area contributed by atoms with Gasteiger partial charge in [0.05, 0.1) is 22.1 Å². The van der Waals surface area contributed by atoms with Gasteiger partial charge in [-0.05, 0) is 37.0 Å². The number of carbonyl (C=O) groups is 1. The van der Waals surface area contributed by atoms with Gasteiger partial charge in [0, 0.05) is 37.6 Å². The lowest BCUT2D eigenvalue weighted by molar-refractivity contribution is 0.0662. The number of thiazole rings is 1. The molecule has 0 saturated carbocycles. The van der Waals surface area contributed by atoms with Gasteiger partial charge in [-0.1, -0.05) is 0 Å². The van der Waals surface area contributed by atoms with Crippen LogP contribution in [0.3, 0.4) is 0 Å². The van der Waals surface area contributed by atoms with Crippen LogP contribution in [0.5, 0.6) is 0 Å². The molecule has 0 unspecified atom stereocenters. The maximum absolute atomic E-state index is 12.8. The minimum absolute atomic E-state index is 0.135. The number of amides is 1. The zero-order chi connectivity index (χ0) is 15.6. The van der Waals surface area contributed by atoms with Crippen molar-refractivity contribution in [1.29, 1.82) is 0 Å². The van der Waals surface area contributed by atoms with Crippen molar-refractivity contribution in [2.75, 3.05) is 13.1 Å². The van der Waals surface area contributed by atoms with Crippen LogP contribution in [0, 0.1) is 5.92 Å². The first kappa shape index (κ1) is 14.4. The Labute approximate surface area is 138 Å². The molecule has 0 N–H and O–H groups in total. The lowest BCUT2D eigenvalue weighted by atomic mass is 9.97. The minimum atomic E-state index is 0.135. The van der Waals surface area contributed by atoms with E-state index in [-0.39, 0.29) is 5.91 Å². The summed E-state index contributed by atoms with van der Waals surface area (Å²) in [5.41, 5.74) is 3.55. The van der Waals surface area contributed by atoms with Crippen LogP contribution in [0.4, 0.5) is 0 Å². The van der Waals surface area contributed by atoms with Crippen LogP contribution in [-0.2, 0) is 6.54 Å². The Bertz CT molecular complexity index is 811. The zero-order valence-corrected chi connectivity index (χ0v) is 13.6. The average molecular weight is 326 g/mol. The van der Waals surface area contributed by atoms with Crippen molar-refractivity contribution in [3.8, 4) is 0 Å². The van der Waals surface area contributed by atoms with Crippen LogP contribution in [0.1, 0.15) is 23.2 Å². The summed E-state index contributed by atoms with van der Waals surface area (Å²) in [6.07, 6.45) is 7.86. The summed E-state index contributed by atoms with van der Waals surface area (Å²) < 4.78 is 3.17. The number of imidazole rings is 1. The van der Waals surface area contributed by atoms with Gasteiger partial charge in [-0.3, -0.25) is 4.79 Å². The predicted molar refractivity (Wildman–Crippen MR) is 90.5 cm³/mol. The van der Waals surface area contributed by atoms with Crippen LogP contribution >= 0.6 is 11.3 Å². The fourth-order valence-corrected chi connectivity index (χ4v) is 3.98. The van der Waals surface area contributed by atoms with Crippen LogP contribution in [-0.4, -0.2) is 38.4 Å². The van der Waals surface area contributed by atoms with Crippen molar-refractivity contribution in [2.24, 2.45) is 5.92 Å². The average Bonchev–Trinajstić information content (AvgIpc) is 3.25. The lowest BCUT2D eigenvalue weighted by Gasteiger charge is -2.33. The number of fused-ring (bicyclic) bond motifs is 1. The summed E-state index contributed by atoms with van der Waals surface area (Å²) in [5, 5.41) is 0. The SMILES string of the molecule is O=C(c1ccc2ncsc2c1)N1CCC[C@@H](Cn2ccnc2)C1. The quantitative estimate of drug-likeness (QED) is 0.743. The summed E-state index contributed by atoms with van der Waals surface area (Å²) >= 11 is 1.58. The van der Waals surface area contributed by atoms with Gasteiger partial charge in [0.15, 0.2) is 0 Å². The van der Waals surface area contributed by atoms with E-state index in [4.69, 9.17) is 0 Å². The maximum Gasteiger partial charge on any atom is 0.253 e. The Balaban J connectivity index is 1.48. The highest BCUT2D eigenvalue weighted by Crippen LogP contribution is 2.23. The van der Waals surface area contributed by atoms with Crippen LogP contribution < -0.4 is 0 Å². The Hall–Kier alpha value is -2.21. The van der Waals surface area contributed by atoms with E-state index in [9.17, 15) is 4.79 Å². The van der Waals surface area contributed by atoms with Gasteiger partial charge in [0.2, 0.25) is 0 Å². The number of nitrogens with zero attached hydrogens (tertiary/aromatic N) is 4. The first-order chi connectivity index (χ1) is 11.3.